The molecular weight excluding hydrogens is 347 g/mol. The van der Waals surface area contributed by atoms with E-state index in [4.69, 9.17) is 0 Å². The first-order chi connectivity index (χ1) is 12.3. The fourth-order valence-electron chi connectivity index (χ4n) is 2.27. The summed E-state index contributed by atoms with van der Waals surface area (Å²) in [7, 11) is 0. The number of rotatable bonds is 4. The summed E-state index contributed by atoms with van der Waals surface area (Å²) in [5.41, 5.74) is 2.43. The largest absolute Gasteiger partial charge is 0.573 e. The van der Waals surface area contributed by atoms with Crippen molar-refractivity contribution in [3.8, 4) is 17.0 Å². The summed E-state index contributed by atoms with van der Waals surface area (Å²) in [6, 6.07) is 14.0. The van der Waals surface area contributed by atoms with Crippen LogP contribution in [-0.2, 0) is 0 Å². The van der Waals surface area contributed by atoms with E-state index in [2.05, 4.69) is 20.0 Å². The molecule has 0 saturated carbocycles. The minimum atomic E-state index is -4.75. The van der Waals surface area contributed by atoms with Gasteiger partial charge in [-0.2, -0.15) is 0 Å². The van der Waals surface area contributed by atoms with Gasteiger partial charge in [0.1, 0.15) is 5.75 Å². The third-order valence-corrected chi connectivity index (χ3v) is 3.44. The zero-order chi connectivity index (χ0) is 18.7. The maximum Gasteiger partial charge on any atom is 0.573 e. The number of alkyl halides is 3. The number of H-pyrrole nitrogens is 1. The number of ether oxygens (including phenoxy) is 1. The molecule has 1 aromatic heterocycles. The molecule has 0 unspecified atom stereocenters. The van der Waals surface area contributed by atoms with E-state index in [0.717, 1.165) is 23.3 Å². The van der Waals surface area contributed by atoms with E-state index in [0.29, 0.717) is 11.4 Å². The Hall–Kier alpha value is -3.29. The molecule has 0 atom stereocenters. The van der Waals surface area contributed by atoms with Gasteiger partial charge in [0, 0.05) is 17.3 Å². The smallest absolute Gasteiger partial charge is 0.406 e. The van der Waals surface area contributed by atoms with Crippen molar-refractivity contribution in [2.45, 2.75) is 13.3 Å². The number of nitrogens with zero attached hydrogens (tertiary/aromatic N) is 1. The molecule has 2 N–H and O–H groups in total. The van der Waals surface area contributed by atoms with Crippen LogP contribution in [0.15, 0.2) is 59.4 Å². The van der Waals surface area contributed by atoms with Gasteiger partial charge in [0.2, 0.25) is 5.95 Å². The predicted molar refractivity (Wildman–Crippen MR) is 91.4 cm³/mol. The number of aryl methyl sites for hydroxylation is 1. The lowest BCUT2D eigenvalue weighted by atomic mass is 10.1. The summed E-state index contributed by atoms with van der Waals surface area (Å²) in [5, 5.41) is 2.85. The van der Waals surface area contributed by atoms with E-state index in [-0.39, 0.29) is 17.3 Å². The van der Waals surface area contributed by atoms with Crippen LogP contribution in [0.3, 0.4) is 0 Å². The molecule has 0 spiro atoms. The summed E-state index contributed by atoms with van der Waals surface area (Å²) in [4.78, 5) is 18.7. The Morgan fingerprint density at radius 3 is 2.31 bits per heavy atom. The van der Waals surface area contributed by atoms with Crippen LogP contribution in [0.4, 0.5) is 24.8 Å². The highest BCUT2D eigenvalue weighted by Gasteiger charge is 2.30. The summed E-state index contributed by atoms with van der Waals surface area (Å²) < 4.78 is 40.3. The Balaban J connectivity index is 1.82. The molecule has 0 bridgehead atoms. The lowest BCUT2D eigenvalue weighted by Crippen LogP contribution is -2.17. The number of anilines is 2. The number of halogens is 3. The van der Waals surface area contributed by atoms with Gasteiger partial charge in [-0.3, -0.25) is 9.78 Å². The van der Waals surface area contributed by atoms with Gasteiger partial charge in [0.15, 0.2) is 0 Å². The van der Waals surface area contributed by atoms with E-state index < -0.39 is 6.36 Å². The summed E-state index contributed by atoms with van der Waals surface area (Å²) in [5.74, 6) is -0.157. The second kappa shape index (κ2) is 6.91. The average Bonchev–Trinajstić information content (AvgIpc) is 2.55. The quantitative estimate of drug-likeness (QED) is 0.723. The summed E-state index contributed by atoms with van der Waals surface area (Å²) in [6.45, 7) is 1.95. The van der Waals surface area contributed by atoms with Crippen LogP contribution in [-0.4, -0.2) is 16.3 Å². The maximum atomic E-state index is 12.2. The Bertz CT molecular complexity index is 949. The number of hydrogen-bond donors (Lipinski definition) is 2. The highest BCUT2D eigenvalue weighted by molar-refractivity contribution is 5.62. The molecule has 3 aromatic rings. The topological polar surface area (TPSA) is 67.0 Å². The van der Waals surface area contributed by atoms with Gasteiger partial charge in [-0.1, -0.05) is 29.8 Å². The SMILES string of the molecule is Cc1ccc(-c2cc(=O)[nH]c(Nc3ccc(OC(F)(F)F)cc3)n2)cc1. The van der Waals surface area contributed by atoms with Gasteiger partial charge in [-0.05, 0) is 31.2 Å². The molecule has 0 saturated heterocycles. The highest BCUT2D eigenvalue weighted by atomic mass is 19.4. The van der Waals surface area contributed by atoms with Gasteiger partial charge in [0.25, 0.3) is 5.56 Å². The zero-order valence-electron chi connectivity index (χ0n) is 13.6. The van der Waals surface area contributed by atoms with Crippen molar-refractivity contribution in [3.63, 3.8) is 0 Å². The second-order valence-electron chi connectivity index (χ2n) is 5.54. The van der Waals surface area contributed by atoms with Crippen LogP contribution in [0.5, 0.6) is 5.75 Å². The molecule has 1 heterocycles. The normalized spacial score (nSPS) is 11.2. The van der Waals surface area contributed by atoms with Crippen molar-refractivity contribution in [2.75, 3.05) is 5.32 Å². The second-order valence-corrected chi connectivity index (χ2v) is 5.54. The molecule has 0 aliphatic carbocycles. The van der Waals surface area contributed by atoms with E-state index in [1.165, 1.54) is 18.2 Å². The van der Waals surface area contributed by atoms with Crippen molar-refractivity contribution >= 4 is 11.6 Å². The van der Waals surface area contributed by atoms with Crippen LogP contribution >= 0.6 is 0 Å². The standard InChI is InChI=1S/C18H14F3N3O2/c1-11-2-4-12(5-3-11)15-10-16(25)24-17(23-15)22-13-6-8-14(9-7-13)26-18(19,20)21/h2-10H,1H3,(H2,22,23,24,25). The van der Waals surface area contributed by atoms with E-state index >= 15 is 0 Å². The van der Waals surface area contributed by atoms with Crippen molar-refractivity contribution in [1.82, 2.24) is 9.97 Å². The molecule has 0 aliphatic heterocycles. The summed E-state index contributed by atoms with van der Waals surface area (Å²) in [6.07, 6.45) is -4.75. The zero-order valence-corrected chi connectivity index (χ0v) is 13.6. The van der Waals surface area contributed by atoms with Crippen molar-refractivity contribution in [1.29, 1.82) is 0 Å². The van der Waals surface area contributed by atoms with E-state index in [9.17, 15) is 18.0 Å². The number of aromatic nitrogens is 2. The number of benzene rings is 2. The third-order valence-electron chi connectivity index (χ3n) is 3.44. The summed E-state index contributed by atoms with van der Waals surface area (Å²) >= 11 is 0. The number of nitrogens with one attached hydrogen (secondary N) is 2. The Morgan fingerprint density at radius 2 is 1.69 bits per heavy atom. The monoisotopic (exact) mass is 361 g/mol. The molecule has 26 heavy (non-hydrogen) atoms. The Morgan fingerprint density at radius 1 is 1.04 bits per heavy atom. The lowest BCUT2D eigenvalue weighted by molar-refractivity contribution is -0.274. The fraction of sp³-hybridized carbons (Fsp3) is 0.111. The number of hydrogen-bond acceptors (Lipinski definition) is 4. The van der Waals surface area contributed by atoms with Crippen LogP contribution in [0.1, 0.15) is 5.56 Å². The molecule has 3 rings (SSSR count). The maximum absolute atomic E-state index is 12.2. The minimum absolute atomic E-state index is 0.178. The van der Waals surface area contributed by atoms with Gasteiger partial charge in [-0.15, -0.1) is 13.2 Å². The molecular formula is C18H14F3N3O2. The highest BCUT2D eigenvalue weighted by Crippen LogP contribution is 2.25. The van der Waals surface area contributed by atoms with Crippen LogP contribution < -0.4 is 15.6 Å². The van der Waals surface area contributed by atoms with Crippen molar-refractivity contribution < 1.29 is 17.9 Å². The first-order valence-electron chi connectivity index (χ1n) is 7.60. The van der Waals surface area contributed by atoms with E-state index in [1.807, 2.05) is 31.2 Å². The molecule has 0 radical (unpaired) electrons. The molecule has 5 nitrogen and oxygen atoms in total. The third kappa shape index (κ3) is 4.62. The lowest BCUT2D eigenvalue weighted by Gasteiger charge is -2.10. The van der Waals surface area contributed by atoms with Gasteiger partial charge < -0.3 is 10.1 Å². The molecule has 0 aliphatic rings. The number of aromatic amines is 1. The fourth-order valence-corrected chi connectivity index (χ4v) is 2.27. The van der Waals surface area contributed by atoms with Crippen LogP contribution in [0.25, 0.3) is 11.3 Å². The predicted octanol–water partition coefficient (Wildman–Crippen LogP) is 4.39. The average molecular weight is 361 g/mol. The Kier molecular flexibility index (Phi) is 4.66. The van der Waals surface area contributed by atoms with E-state index in [1.54, 1.807) is 0 Å². The van der Waals surface area contributed by atoms with Gasteiger partial charge in [-0.25, -0.2) is 4.98 Å². The van der Waals surface area contributed by atoms with Crippen molar-refractivity contribution in [3.05, 3.63) is 70.5 Å². The van der Waals surface area contributed by atoms with Crippen LogP contribution in [0, 0.1) is 6.92 Å². The molecule has 0 amide bonds. The Labute approximate surface area is 146 Å². The van der Waals surface area contributed by atoms with Crippen LogP contribution in [0.2, 0.25) is 0 Å². The van der Waals surface area contributed by atoms with Crippen molar-refractivity contribution in [2.24, 2.45) is 0 Å². The molecule has 8 heteroatoms. The first kappa shape index (κ1) is 17.5. The minimum Gasteiger partial charge on any atom is -0.406 e. The molecule has 2 aromatic carbocycles. The van der Waals surface area contributed by atoms with Gasteiger partial charge in [0.05, 0.1) is 5.69 Å². The molecule has 0 fully saturated rings. The molecule has 134 valence electrons. The first-order valence-corrected chi connectivity index (χ1v) is 7.60. The van der Waals surface area contributed by atoms with Gasteiger partial charge >= 0.3 is 6.36 Å².